The molecule has 3 heterocycles. The maximum atomic E-state index is 12.6. The molecule has 2 aromatic heterocycles. The first-order chi connectivity index (χ1) is 10.6. The Bertz CT molecular complexity index is 833. The van der Waals surface area contributed by atoms with Gasteiger partial charge in [-0.15, -0.1) is 0 Å². The molecule has 0 aromatic carbocycles. The van der Waals surface area contributed by atoms with Crippen molar-refractivity contribution in [2.24, 2.45) is 5.92 Å². The van der Waals surface area contributed by atoms with E-state index in [1.54, 1.807) is 11.2 Å². The van der Waals surface area contributed by atoms with Gasteiger partial charge in [-0.25, -0.2) is 4.79 Å². The van der Waals surface area contributed by atoms with Crippen molar-refractivity contribution >= 4 is 5.91 Å². The van der Waals surface area contributed by atoms with Crippen molar-refractivity contribution in [3.05, 3.63) is 56.3 Å². The third kappa shape index (κ3) is 2.09. The Labute approximate surface area is 125 Å². The highest BCUT2D eigenvalue weighted by molar-refractivity contribution is 5.83. The van der Waals surface area contributed by atoms with Crippen molar-refractivity contribution in [2.75, 3.05) is 6.54 Å². The molecule has 7 heteroatoms. The molecule has 1 amide bonds. The van der Waals surface area contributed by atoms with Crippen LogP contribution in [0, 0.1) is 5.92 Å². The predicted octanol–water partition coefficient (Wildman–Crippen LogP) is 0.345. The zero-order valence-corrected chi connectivity index (χ0v) is 11.8. The first-order valence-corrected chi connectivity index (χ1v) is 7.30. The Morgan fingerprint density at radius 1 is 1.32 bits per heavy atom. The number of hydrogen-bond donors (Lipinski definition) is 2. The average molecular weight is 301 g/mol. The van der Waals surface area contributed by atoms with Gasteiger partial charge < -0.3 is 14.3 Å². The van der Waals surface area contributed by atoms with E-state index < -0.39 is 5.69 Å². The van der Waals surface area contributed by atoms with Crippen molar-refractivity contribution in [3.8, 4) is 0 Å². The fourth-order valence-corrected chi connectivity index (χ4v) is 3.18. The van der Waals surface area contributed by atoms with E-state index in [1.165, 1.54) is 0 Å². The van der Waals surface area contributed by atoms with Crippen LogP contribution in [-0.4, -0.2) is 27.3 Å². The topological polar surface area (TPSA) is 99.2 Å². The molecule has 1 aliphatic heterocycles. The number of nitrogens with zero attached hydrogens (tertiary/aromatic N) is 1. The zero-order chi connectivity index (χ0) is 15.3. The highest BCUT2D eigenvalue weighted by Crippen LogP contribution is 2.48. The predicted molar refractivity (Wildman–Crippen MR) is 76.4 cm³/mol. The molecule has 0 spiro atoms. The molecule has 4 rings (SSSR count). The number of carbonyl (C=O) groups is 1. The minimum absolute atomic E-state index is 0.0542. The van der Waals surface area contributed by atoms with Gasteiger partial charge in [-0.3, -0.25) is 14.6 Å². The molecule has 7 nitrogen and oxygen atoms in total. The van der Waals surface area contributed by atoms with Crippen LogP contribution >= 0.6 is 0 Å². The minimum atomic E-state index is -0.530. The monoisotopic (exact) mass is 301 g/mol. The Morgan fingerprint density at radius 3 is 2.95 bits per heavy atom. The number of rotatable bonds is 2. The second-order valence-electron chi connectivity index (χ2n) is 5.84. The van der Waals surface area contributed by atoms with Crippen molar-refractivity contribution in [1.29, 1.82) is 0 Å². The Kier molecular flexibility index (Phi) is 2.82. The molecule has 2 aromatic rings. The van der Waals surface area contributed by atoms with Crippen LogP contribution in [0.3, 0.4) is 0 Å². The maximum Gasteiger partial charge on any atom is 0.325 e. The number of aromatic amines is 2. The summed E-state index contributed by atoms with van der Waals surface area (Å²) in [5.74, 6) is 1.01. The summed E-state index contributed by atoms with van der Waals surface area (Å²) >= 11 is 0. The minimum Gasteiger partial charge on any atom is -0.469 e. The molecule has 2 N–H and O–H groups in total. The molecule has 0 unspecified atom stereocenters. The molecular weight excluding hydrogens is 286 g/mol. The Morgan fingerprint density at radius 2 is 2.18 bits per heavy atom. The number of hydrogen-bond acceptors (Lipinski definition) is 4. The number of H-pyrrole nitrogens is 2. The Hall–Kier alpha value is -2.57. The first kappa shape index (κ1) is 13.1. The number of nitrogens with one attached hydrogen (secondary N) is 2. The average Bonchev–Trinajstić information content (AvgIpc) is 3.11. The molecule has 1 saturated carbocycles. The van der Waals surface area contributed by atoms with Crippen LogP contribution < -0.4 is 11.2 Å². The third-order valence-corrected chi connectivity index (χ3v) is 4.44. The quantitative estimate of drug-likeness (QED) is 0.835. The van der Waals surface area contributed by atoms with Gasteiger partial charge in [0.25, 0.3) is 5.56 Å². The number of furan rings is 1. The van der Waals surface area contributed by atoms with Crippen LogP contribution in [0.25, 0.3) is 0 Å². The highest BCUT2D eigenvalue weighted by Gasteiger charge is 2.47. The summed E-state index contributed by atoms with van der Waals surface area (Å²) in [6, 6.07) is 3.71. The summed E-state index contributed by atoms with van der Waals surface area (Å²) in [6.07, 6.45) is 2.87. The van der Waals surface area contributed by atoms with Crippen LogP contribution in [0.1, 0.15) is 29.4 Å². The largest absolute Gasteiger partial charge is 0.469 e. The summed E-state index contributed by atoms with van der Waals surface area (Å²) < 4.78 is 5.35. The molecule has 1 fully saturated rings. The summed E-state index contributed by atoms with van der Waals surface area (Å²) in [7, 11) is 0. The smallest absolute Gasteiger partial charge is 0.325 e. The molecule has 0 saturated heterocycles. The number of carbonyl (C=O) groups excluding carboxylic acids is 1. The van der Waals surface area contributed by atoms with Gasteiger partial charge in [0.2, 0.25) is 5.91 Å². The number of fused-ring (bicyclic) bond motifs is 1. The van der Waals surface area contributed by atoms with Crippen molar-refractivity contribution < 1.29 is 9.21 Å². The third-order valence-electron chi connectivity index (χ3n) is 4.44. The molecule has 0 bridgehead atoms. The van der Waals surface area contributed by atoms with E-state index in [9.17, 15) is 14.4 Å². The summed E-state index contributed by atoms with van der Waals surface area (Å²) in [4.78, 5) is 42.2. The SMILES string of the molecule is O=C([C@@H]1C[C@H]1c1ccco1)N1CCc2c([nH]c(=O)[nH]c2=O)C1. The Balaban J connectivity index is 1.52. The van der Waals surface area contributed by atoms with E-state index in [0.29, 0.717) is 24.2 Å². The molecule has 1 aliphatic carbocycles. The molecule has 2 atom stereocenters. The number of aromatic nitrogens is 2. The fourth-order valence-electron chi connectivity index (χ4n) is 3.18. The first-order valence-electron chi connectivity index (χ1n) is 7.30. The van der Waals surface area contributed by atoms with Gasteiger partial charge in [0.1, 0.15) is 5.76 Å². The molecule has 0 radical (unpaired) electrons. The van der Waals surface area contributed by atoms with Gasteiger partial charge in [0.05, 0.1) is 12.8 Å². The second kappa shape index (κ2) is 4.72. The van der Waals surface area contributed by atoms with Crippen LogP contribution in [0.4, 0.5) is 0 Å². The van der Waals surface area contributed by atoms with Gasteiger partial charge in [-0.05, 0) is 25.0 Å². The summed E-state index contributed by atoms with van der Waals surface area (Å²) in [5, 5.41) is 0. The zero-order valence-electron chi connectivity index (χ0n) is 11.8. The van der Waals surface area contributed by atoms with E-state index in [0.717, 1.165) is 12.2 Å². The second-order valence-corrected chi connectivity index (χ2v) is 5.84. The van der Waals surface area contributed by atoms with E-state index in [-0.39, 0.29) is 29.8 Å². The number of amides is 1. The lowest BCUT2D eigenvalue weighted by Gasteiger charge is -2.28. The van der Waals surface area contributed by atoms with Gasteiger partial charge in [0, 0.05) is 29.6 Å². The molecular formula is C15H15N3O4. The lowest BCUT2D eigenvalue weighted by Crippen LogP contribution is -2.42. The summed E-state index contributed by atoms with van der Waals surface area (Å²) in [5.41, 5.74) is 0.231. The van der Waals surface area contributed by atoms with Crippen LogP contribution in [0.2, 0.25) is 0 Å². The van der Waals surface area contributed by atoms with Crippen LogP contribution in [0.5, 0.6) is 0 Å². The van der Waals surface area contributed by atoms with Crippen LogP contribution in [-0.2, 0) is 17.8 Å². The molecule has 22 heavy (non-hydrogen) atoms. The van der Waals surface area contributed by atoms with E-state index in [1.807, 2.05) is 12.1 Å². The highest BCUT2D eigenvalue weighted by atomic mass is 16.3. The van der Waals surface area contributed by atoms with Crippen molar-refractivity contribution in [2.45, 2.75) is 25.3 Å². The van der Waals surface area contributed by atoms with Gasteiger partial charge in [0.15, 0.2) is 0 Å². The van der Waals surface area contributed by atoms with Gasteiger partial charge in [-0.1, -0.05) is 0 Å². The van der Waals surface area contributed by atoms with Crippen molar-refractivity contribution in [3.63, 3.8) is 0 Å². The fraction of sp³-hybridized carbons (Fsp3) is 0.400. The van der Waals surface area contributed by atoms with Crippen molar-refractivity contribution in [1.82, 2.24) is 14.9 Å². The molecule has 114 valence electrons. The van der Waals surface area contributed by atoms with E-state index >= 15 is 0 Å². The molecule has 2 aliphatic rings. The maximum absolute atomic E-state index is 12.6. The summed E-state index contributed by atoms with van der Waals surface area (Å²) in [6.45, 7) is 0.789. The van der Waals surface area contributed by atoms with Gasteiger partial charge in [-0.2, -0.15) is 0 Å². The lowest BCUT2D eigenvalue weighted by molar-refractivity contribution is -0.133. The van der Waals surface area contributed by atoms with E-state index in [4.69, 9.17) is 4.42 Å². The van der Waals surface area contributed by atoms with E-state index in [2.05, 4.69) is 9.97 Å². The lowest BCUT2D eigenvalue weighted by atomic mass is 10.1. The van der Waals surface area contributed by atoms with Crippen LogP contribution in [0.15, 0.2) is 32.4 Å². The van der Waals surface area contributed by atoms with Gasteiger partial charge >= 0.3 is 5.69 Å². The normalized spacial score (nSPS) is 23.2. The standard InChI is InChI=1S/C15H15N3O4/c19-13-8-3-4-18(7-11(8)16-15(21)17-13)14(20)10-6-9(10)12-2-1-5-22-12/h1-2,5,9-10H,3-4,6-7H2,(H2,16,17,19,21)/t9-,10-/m1/s1.